The number of carbonyl (C=O) groups is 2. The lowest BCUT2D eigenvalue weighted by atomic mass is 10.3. The number of anilines is 2. The molecule has 1 amide bonds. The third-order valence-electron chi connectivity index (χ3n) is 3.51. The summed E-state index contributed by atoms with van der Waals surface area (Å²) < 4.78 is 6.14. The topological polar surface area (TPSA) is 112 Å². The van der Waals surface area contributed by atoms with Gasteiger partial charge in [0.15, 0.2) is 5.13 Å². The average molecular weight is 335 g/mol. The summed E-state index contributed by atoms with van der Waals surface area (Å²) in [5, 5.41) is 7.30. The summed E-state index contributed by atoms with van der Waals surface area (Å²) in [6, 6.07) is 0. The molecule has 1 aliphatic rings. The molecule has 2 heterocycles. The molecule has 2 aromatic heterocycles. The number of thiazole rings is 1. The maximum Gasteiger partial charge on any atom is 0.343 e. The summed E-state index contributed by atoms with van der Waals surface area (Å²) >= 11 is 1.50. The predicted molar refractivity (Wildman–Crippen MR) is 85.4 cm³/mol. The number of nitrogen functional groups attached to an aromatic ring is 1. The zero-order chi connectivity index (χ0) is 16.4. The molecule has 0 saturated carbocycles. The van der Waals surface area contributed by atoms with Gasteiger partial charge in [0, 0.05) is 4.88 Å². The first-order chi connectivity index (χ1) is 11.1. The van der Waals surface area contributed by atoms with E-state index < -0.39 is 5.97 Å². The van der Waals surface area contributed by atoms with E-state index in [1.165, 1.54) is 27.1 Å². The zero-order valence-corrected chi connectivity index (χ0v) is 13.5. The molecule has 2 aromatic rings. The van der Waals surface area contributed by atoms with Crippen LogP contribution < -0.4 is 11.1 Å². The van der Waals surface area contributed by atoms with Gasteiger partial charge in [0.2, 0.25) is 5.91 Å². The van der Waals surface area contributed by atoms with Crippen LogP contribution in [-0.2, 0) is 28.9 Å². The second-order valence-electron chi connectivity index (χ2n) is 5.11. The molecule has 8 nitrogen and oxygen atoms in total. The molecule has 9 heteroatoms. The summed E-state index contributed by atoms with van der Waals surface area (Å²) in [6.07, 6.45) is 4.43. The molecule has 23 heavy (non-hydrogen) atoms. The Bertz CT molecular complexity index is 730. The Balaban J connectivity index is 1.64. The van der Waals surface area contributed by atoms with E-state index in [1.54, 1.807) is 6.92 Å². The highest BCUT2D eigenvalue weighted by atomic mass is 32.1. The number of rotatable bonds is 5. The van der Waals surface area contributed by atoms with E-state index in [-0.39, 0.29) is 30.4 Å². The molecule has 0 bridgehead atoms. The van der Waals surface area contributed by atoms with Crippen LogP contribution in [0.4, 0.5) is 10.9 Å². The number of nitrogens with zero attached hydrogens (tertiary/aromatic N) is 3. The van der Waals surface area contributed by atoms with Crippen LogP contribution >= 0.6 is 11.3 Å². The molecule has 0 aromatic carbocycles. The first kappa shape index (κ1) is 15.5. The standard InChI is InChI=1S/C14H17N5O3S/c1-2-22-13(21)8-6-16-19(12(8)15)7-11(20)18-14-17-9-4-3-5-10(9)23-14/h6H,2-5,7,15H2,1H3,(H,17,18,20). The Morgan fingerprint density at radius 2 is 2.30 bits per heavy atom. The Hall–Kier alpha value is -2.42. The van der Waals surface area contributed by atoms with Crippen molar-refractivity contribution in [3.8, 4) is 0 Å². The number of amides is 1. The Morgan fingerprint density at radius 3 is 3.04 bits per heavy atom. The largest absolute Gasteiger partial charge is 0.462 e. The third kappa shape index (κ3) is 3.19. The first-order valence-corrected chi connectivity index (χ1v) is 8.17. The summed E-state index contributed by atoms with van der Waals surface area (Å²) in [6.45, 7) is 1.87. The summed E-state index contributed by atoms with van der Waals surface area (Å²) in [4.78, 5) is 29.4. The van der Waals surface area contributed by atoms with Crippen LogP contribution in [0.25, 0.3) is 0 Å². The van der Waals surface area contributed by atoms with Crippen LogP contribution in [0.15, 0.2) is 6.20 Å². The van der Waals surface area contributed by atoms with E-state index in [9.17, 15) is 9.59 Å². The van der Waals surface area contributed by atoms with Gasteiger partial charge in [-0.2, -0.15) is 5.10 Å². The smallest absolute Gasteiger partial charge is 0.343 e. The average Bonchev–Trinajstić information content (AvgIpc) is 3.15. The monoisotopic (exact) mass is 335 g/mol. The van der Waals surface area contributed by atoms with Crippen molar-refractivity contribution in [2.75, 3.05) is 17.7 Å². The fourth-order valence-electron chi connectivity index (χ4n) is 2.43. The minimum Gasteiger partial charge on any atom is -0.462 e. The van der Waals surface area contributed by atoms with Crippen LogP contribution in [0.1, 0.15) is 34.3 Å². The molecule has 0 saturated heterocycles. The van der Waals surface area contributed by atoms with Gasteiger partial charge in [-0.3, -0.25) is 4.79 Å². The van der Waals surface area contributed by atoms with Gasteiger partial charge >= 0.3 is 5.97 Å². The Morgan fingerprint density at radius 1 is 1.48 bits per heavy atom. The quantitative estimate of drug-likeness (QED) is 0.795. The van der Waals surface area contributed by atoms with Gasteiger partial charge in [-0.1, -0.05) is 0 Å². The Kier molecular flexibility index (Phi) is 4.28. The van der Waals surface area contributed by atoms with Gasteiger partial charge < -0.3 is 15.8 Å². The highest BCUT2D eigenvalue weighted by molar-refractivity contribution is 7.15. The van der Waals surface area contributed by atoms with Crippen molar-refractivity contribution in [1.29, 1.82) is 0 Å². The number of aromatic nitrogens is 3. The number of fused-ring (bicyclic) bond motifs is 1. The van der Waals surface area contributed by atoms with Crippen molar-refractivity contribution in [2.45, 2.75) is 32.7 Å². The molecular weight excluding hydrogens is 318 g/mol. The number of nitrogens with one attached hydrogen (secondary N) is 1. The van der Waals surface area contributed by atoms with Crippen LogP contribution in [0, 0.1) is 0 Å². The lowest BCUT2D eigenvalue weighted by molar-refractivity contribution is -0.116. The van der Waals surface area contributed by atoms with Crippen molar-refractivity contribution in [1.82, 2.24) is 14.8 Å². The Labute approximate surface area is 136 Å². The SMILES string of the molecule is CCOC(=O)c1cnn(CC(=O)Nc2nc3c(s2)CCC3)c1N. The fraction of sp³-hybridized carbons (Fsp3) is 0.429. The number of hydrogen-bond donors (Lipinski definition) is 2. The molecule has 0 fully saturated rings. The van der Waals surface area contributed by atoms with E-state index in [0.717, 1.165) is 25.0 Å². The second kappa shape index (κ2) is 6.37. The van der Waals surface area contributed by atoms with Crippen molar-refractivity contribution in [3.05, 3.63) is 22.3 Å². The van der Waals surface area contributed by atoms with Crippen LogP contribution in [0.3, 0.4) is 0 Å². The van der Waals surface area contributed by atoms with Gasteiger partial charge in [0.05, 0.1) is 18.5 Å². The summed E-state index contributed by atoms with van der Waals surface area (Å²) in [7, 11) is 0. The van der Waals surface area contributed by atoms with E-state index in [4.69, 9.17) is 10.5 Å². The van der Waals surface area contributed by atoms with Gasteiger partial charge in [-0.05, 0) is 26.2 Å². The van der Waals surface area contributed by atoms with E-state index in [0.29, 0.717) is 5.13 Å². The third-order valence-corrected chi connectivity index (χ3v) is 4.58. The fourth-order valence-corrected chi connectivity index (χ4v) is 3.49. The molecule has 0 unspecified atom stereocenters. The van der Waals surface area contributed by atoms with Crippen molar-refractivity contribution >= 4 is 34.2 Å². The highest BCUT2D eigenvalue weighted by Crippen LogP contribution is 2.30. The molecule has 0 spiro atoms. The predicted octanol–water partition coefficient (Wildman–Crippen LogP) is 1.23. The molecule has 0 aliphatic heterocycles. The lowest BCUT2D eigenvalue weighted by Crippen LogP contribution is -2.21. The molecular formula is C14H17N5O3S. The number of ether oxygens (including phenoxy) is 1. The van der Waals surface area contributed by atoms with Crippen molar-refractivity contribution < 1.29 is 14.3 Å². The van der Waals surface area contributed by atoms with Crippen LogP contribution in [0.5, 0.6) is 0 Å². The normalized spacial score (nSPS) is 12.9. The number of nitrogens with two attached hydrogens (primary N) is 1. The number of carbonyl (C=O) groups excluding carboxylic acids is 2. The number of hydrogen-bond acceptors (Lipinski definition) is 7. The maximum atomic E-state index is 12.1. The minimum atomic E-state index is -0.548. The highest BCUT2D eigenvalue weighted by Gasteiger charge is 2.20. The van der Waals surface area contributed by atoms with Crippen molar-refractivity contribution in [2.24, 2.45) is 0 Å². The zero-order valence-electron chi connectivity index (χ0n) is 12.7. The van der Waals surface area contributed by atoms with Gasteiger partial charge in [-0.25, -0.2) is 14.5 Å². The maximum absolute atomic E-state index is 12.1. The molecule has 3 N–H and O–H groups in total. The van der Waals surface area contributed by atoms with Gasteiger partial charge in [-0.15, -0.1) is 11.3 Å². The molecule has 3 rings (SSSR count). The van der Waals surface area contributed by atoms with Gasteiger partial charge in [0.25, 0.3) is 0 Å². The van der Waals surface area contributed by atoms with E-state index in [2.05, 4.69) is 15.4 Å². The van der Waals surface area contributed by atoms with Crippen LogP contribution in [-0.4, -0.2) is 33.2 Å². The lowest BCUT2D eigenvalue weighted by Gasteiger charge is -2.05. The number of esters is 1. The van der Waals surface area contributed by atoms with E-state index in [1.807, 2.05) is 0 Å². The molecule has 1 aliphatic carbocycles. The van der Waals surface area contributed by atoms with Gasteiger partial charge in [0.1, 0.15) is 17.9 Å². The summed E-state index contributed by atoms with van der Waals surface area (Å²) in [5.41, 5.74) is 7.08. The summed E-state index contributed by atoms with van der Waals surface area (Å²) in [5.74, 6) is -0.726. The molecule has 0 radical (unpaired) electrons. The number of aryl methyl sites for hydroxylation is 2. The minimum absolute atomic E-state index is 0.0878. The first-order valence-electron chi connectivity index (χ1n) is 7.35. The van der Waals surface area contributed by atoms with Crippen molar-refractivity contribution in [3.63, 3.8) is 0 Å². The van der Waals surface area contributed by atoms with Crippen LogP contribution in [0.2, 0.25) is 0 Å². The van der Waals surface area contributed by atoms with E-state index >= 15 is 0 Å². The second-order valence-corrected chi connectivity index (χ2v) is 6.20. The molecule has 0 atom stereocenters. The molecule has 122 valence electrons.